The summed E-state index contributed by atoms with van der Waals surface area (Å²) in [6.45, 7) is 3.16. The molecule has 26 heteroatoms. The topological polar surface area (TPSA) is 285 Å². The number of nitrogens with zero attached hydrogens (tertiary/aromatic N) is 6. The average Bonchev–Trinajstić information content (AvgIpc) is 3.82. The summed E-state index contributed by atoms with van der Waals surface area (Å²) in [6.07, 6.45) is 1.69. The predicted molar refractivity (Wildman–Crippen MR) is 209 cm³/mol. The summed E-state index contributed by atoms with van der Waals surface area (Å²) in [5.41, 5.74) is 8.40. The van der Waals surface area contributed by atoms with Crippen LogP contribution in [0, 0.1) is 6.92 Å². The predicted octanol–water partition coefficient (Wildman–Crippen LogP) is 2.19. The number of carbonyl (C=O) groups excluding carboxylic acids is 5. The first kappa shape index (κ1) is 42.0. The Labute approximate surface area is 348 Å². The molecule has 1 aromatic heterocycles. The number of benzene rings is 1. The maximum atomic E-state index is 13.7. The largest absolute Gasteiger partial charge is 0.477 e. The number of thioether (sulfide) groups is 2. The van der Waals surface area contributed by atoms with Gasteiger partial charge in [0.15, 0.2) is 28.2 Å². The van der Waals surface area contributed by atoms with Crippen LogP contribution in [0.5, 0.6) is 11.5 Å². The van der Waals surface area contributed by atoms with E-state index in [1.54, 1.807) is 13.0 Å². The number of carboxylic acids is 1. The number of rotatable bonds is 13. The van der Waals surface area contributed by atoms with Crippen LogP contribution in [0.4, 0.5) is 9.93 Å². The first-order valence-electron chi connectivity index (χ1n) is 16.2. The number of carboxylic acid groups (broad SMARTS) is 2. The number of hydrogen-bond donors (Lipinski definition) is 5. The van der Waals surface area contributed by atoms with Crippen molar-refractivity contribution in [1.29, 1.82) is 0 Å². The van der Waals surface area contributed by atoms with E-state index in [9.17, 15) is 43.8 Å². The van der Waals surface area contributed by atoms with E-state index in [4.69, 9.17) is 43.2 Å². The van der Waals surface area contributed by atoms with Gasteiger partial charge < -0.3 is 35.6 Å². The van der Waals surface area contributed by atoms with Crippen molar-refractivity contribution in [2.24, 2.45) is 10.1 Å². The number of amides is 3. The van der Waals surface area contributed by atoms with E-state index in [1.807, 2.05) is 0 Å². The zero-order valence-corrected chi connectivity index (χ0v) is 33.5. The molecule has 1 saturated heterocycles. The van der Waals surface area contributed by atoms with Gasteiger partial charge in [-0.25, -0.2) is 29.4 Å². The highest BCUT2D eigenvalue weighted by atomic mass is 35.5. The van der Waals surface area contributed by atoms with Gasteiger partial charge in [0, 0.05) is 22.6 Å². The Morgan fingerprint density at radius 1 is 1.10 bits per heavy atom. The van der Waals surface area contributed by atoms with Crippen LogP contribution >= 0.6 is 58.1 Å². The molecule has 0 radical (unpaired) electrons. The van der Waals surface area contributed by atoms with E-state index in [1.165, 1.54) is 53.1 Å². The molecular weight excluding hydrogens is 870 g/mol. The van der Waals surface area contributed by atoms with Crippen molar-refractivity contribution < 1.29 is 58.1 Å². The molecule has 0 saturated carbocycles. The molecule has 6 N–H and O–H groups in total. The first-order chi connectivity index (χ1) is 27.6. The van der Waals surface area contributed by atoms with E-state index in [0.717, 1.165) is 27.3 Å². The number of allylic oxidation sites excluding steroid dienone is 1. The fraction of sp³-hybridized carbons (Fsp3) is 0.250. The second kappa shape index (κ2) is 17.5. The summed E-state index contributed by atoms with van der Waals surface area (Å²) in [5, 5.41) is 29.2. The Kier molecular flexibility index (Phi) is 12.6. The normalized spacial score (nSPS) is 18.6. The molecule has 21 nitrogen and oxygen atoms in total. The Bertz CT molecular complexity index is 2310. The van der Waals surface area contributed by atoms with Crippen LogP contribution in [-0.4, -0.2) is 118 Å². The van der Waals surface area contributed by atoms with Crippen molar-refractivity contribution in [1.82, 2.24) is 30.8 Å². The van der Waals surface area contributed by atoms with Crippen LogP contribution < -0.4 is 26.1 Å². The van der Waals surface area contributed by atoms with Crippen LogP contribution in [-0.2, 0) is 28.8 Å². The molecule has 4 aliphatic heterocycles. The van der Waals surface area contributed by atoms with Gasteiger partial charge in [-0.05, 0) is 43.2 Å². The molecule has 0 aliphatic carbocycles. The molecule has 4 aliphatic rings. The van der Waals surface area contributed by atoms with Crippen LogP contribution in [0.15, 0.2) is 62.1 Å². The molecule has 2 aromatic rings. The number of fused-ring (bicyclic) bond motifs is 2. The number of aromatic nitrogens is 1. The van der Waals surface area contributed by atoms with Crippen molar-refractivity contribution in [3.05, 3.63) is 68.7 Å². The number of nitrogens with two attached hydrogens (primary N) is 1. The van der Waals surface area contributed by atoms with Gasteiger partial charge in [0.05, 0.1) is 16.8 Å². The van der Waals surface area contributed by atoms with Gasteiger partial charge in [-0.1, -0.05) is 5.16 Å². The third-order valence-electron chi connectivity index (χ3n) is 8.04. The van der Waals surface area contributed by atoms with Crippen LogP contribution in [0.1, 0.15) is 28.5 Å². The number of aliphatic carboxylic acids is 1. The number of nitrogens with one attached hydrogen (secondary N) is 2. The van der Waals surface area contributed by atoms with Gasteiger partial charge in [0.25, 0.3) is 11.8 Å². The lowest BCUT2D eigenvalue weighted by molar-refractivity contribution is -0.150. The summed E-state index contributed by atoms with van der Waals surface area (Å²) in [6, 6.07) is 1.00. The number of halogens is 2. The molecule has 0 unspecified atom stereocenters. The number of ether oxygens (including phenoxy) is 2. The number of aliphatic imine (C=N–C) groups is 1. The number of hydrazine groups is 2. The second-order valence-electron chi connectivity index (χ2n) is 11.9. The van der Waals surface area contributed by atoms with Crippen molar-refractivity contribution in [2.45, 2.75) is 25.3 Å². The van der Waals surface area contributed by atoms with Gasteiger partial charge in [-0.2, -0.15) is 5.01 Å². The molecule has 304 valence electrons. The van der Waals surface area contributed by atoms with Crippen LogP contribution in [0.25, 0.3) is 0 Å². The maximum absolute atomic E-state index is 13.7. The number of aryl methyl sites for hydroxylation is 1. The number of alkyl halides is 2. The molecule has 5 heterocycles. The summed E-state index contributed by atoms with van der Waals surface area (Å²) < 4.78 is 10.2. The van der Waals surface area contributed by atoms with Gasteiger partial charge in [-0.3, -0.25) is 24.1 Å². The fourth-order valence-electron chi connectivity index (χ4n) is 5.51. The van der Waals surface area contributed by atoms with Gasteiger partial charge in [0.2, 0.25) is 0 Å². The summed E-state index contributed by atoms with van der Waals surface area (Å²) in [7, 11) is 0. The molecule has 1 aromatic carbocycles. The van der Waals surface area contributed by atoms with Gasteiger partial charge >= 0.3 is 30.0 Å². The van der Waals surface area contributed by atoms with E-state index in [-0.39, 0.29) is 50.7 Å². The highest BCUT2D eigenvalue weighted by Crippen LogP contribution is 2.42. The van der Waals surface area contributed by atoms with Gasteiger partial charge in [0.1, 0.15) is 34.6 Å². The molecule has 0 bridgehead atoms. The molecule has 2 atom stereocenters. The third kappa shape index (κ3) is 8.75. The molecule has 3 amide bonds. The lowest BCUT2D eigenvalue weighted by Gasteiger charge is -2.49. The minimum atomic E-state index is -1.38. The Morgan fingerprint density at radius 2 is 1.79 bits per heavy atom. The zero-order valence-electron chi connectivity index (χ0n) is 29.6. The highest BCUT2D eigenvalue weighted by Gasteiger charge is 2.54. The zero-order chi connectivity index (χ0) is 42.0. The Balaban J connectivity index is 1.18. The summed E-state index contributed by atoms with van der Waals surface area (Å²) in [4.78, 5) is 103. The van der Waals surface area contributed by atoms with Crippen LogP contribution in [0.2, 0.25) is 0 Å². The summed E-state index contributed by atoms with van der Waals surface area (Å²) in [5.74, 6) is -7.29. The lowest BCUT2D eigenvalue weighted by Crippen LogP contribution is -2.71. The number of carbonyl (C=O) groups is 7. The van der Waals surface area contributed by atoms with Gasteiger partial charge in [-0.15, -0.1) is 63.6 Å². The van der Waals surface area contributed by atoms with E-state index in [2.05, 4.69) is 26.0 Å². The van der Waals surface area contributed by atoms with E-state index < -0.39 is 70.7 Å². The minimum Gasteiger partial charge on any atom is -0.477 e. The quantitative estimate of drug-likeness (QED) is 0.0366. The number of thiazole rings is 1. The first-order valence-corrected chi connectivity index (χ1v) is 20.2. The number of hydrogen-bond acceptors (Lipinski definition) is 19. The van der Waals surface area contributed by atoms with Crippen molar-refractivity contribution in [2.75, 3.05) is 29.0 Å². The molecule has 0 spiro atoms. The smallest absolute Gasteiger partial charge is 0.427 e. The molecule has 1 fully saturated rings. The lowest BCUT2D eigenvalue weighted by atomic mass is 10.0. The van der Waals surface area contributed by atoms with E-state index >= 15 is 0 Å². The Hall–Kier alpha value is -5.66. The van der Waals surface area contributed by atoms with Crippen molar-refractivity contribution >= 4 is 116 Å². The SMILES string of the molecule is CC1=NC2=CN(C(=O)O)NN2C(SCC2=C(C(=O)O)N3C(=O)[C@@H](NC(=O)/C(=N\OC(=O)c4cc(OC(=O)CCl)c(OC(=O)CCl)cc4C)c4csc(N)n4)[C@H]3SC2)=C1. The summed E-state index contributed by atoms with van der Waals surface area (Å²) >= 11 is 14.4. The average molecular weight is 897 g/mol. The standard InChI is InChI=1S/C32H27Cl2N9O12S3/c1-12-3-17(53-21(44)6-33)18(54-22(45)7-34)5-15(12)30(50)55-39-23(16-11-58-31(35)37-16)26(46)38-24-27(47)42-25(29(48)49)14(10-57-28(24)42)9-56-20-4-13(2)36-19-8-41(32(51)52)40-43(19)20/h3-5,8,11,24,28,40H,6-7,9-10H2,1-2H3,(H2,35,37)(H,38,46)(H,48,49)(H,51,52)/b39-23-/t24-,28-/m1/s1. The second-order valence-corrected chi connectivity index (χ2v) is 15.5. The number of anilines is 1. The van der Waals surface area contributed by atoms with Crippen molar-refractivity contribution in [3.8, 4) is 11.5 Å². The molecule has 58 heavy (non-hydrogen) atoms. The van der Waals surface area contributed by atoms with E-state index in [0.29, 0.717) is 22.1 Å². The molecular formula is C32H27Cl2N9O12S3. The highest BCUT2D eigenvalue weighted by molar-refractivity contribution is 8.03. The van der Waals surface area contributed by atoms with Crippen LogP contribution in [0.3, 0.4) is 0 Å². The number of esters is 2. The number of β-lactam (4-membered cyclic amide) rings is 1. The fourth-order valence-corrected chi connectivity index (χ4v) is 8.72. The minimum absolute atomic E-state index is 0.0271. The van der Waals surface area contributed by atoms with Crippen molar-refractivity contribution in [3.63, 3.8) is 0 Å². The number of nitrogen functional groups attached to an aromatic ring is 1. The maximum Gasteiger partial charge on any atom is 0.427 e. The Morgan fingerprint density at radius 3 is 2.41 bits per heavy atom. The third-order valence-corrected chi connectivity index (χ3v) is 11.6. The molecule has 6 rings (SSSR count). The number of oxime groups is 1. The monoisotopic (exact) mass is 895 g/mol.